The molecule has 1 saturated heterocycles. The average molecular weight is 1080 g/mol. The Morgan fingerprint density at radius 1 is 0.939 bits per heavy atom. The number of aliphatic carboxylic acids is 2. The van der Waals surface area contributed by atoms with Crippen LogP contribution >= 0.6 is 93.1 Å². The number of aromatic hydroxyl groups is 1. The van der Waals surface area contributed by atoms with Crippen molar-refractivity contribution in [1.82, 2.24) is 35.7 Å². The summed E-state index contributed by atoms with van der Waals surface area (Å²) in [5, 5.41) is 43.6. The Bertz CT molecular complexity index is 2710. The number of nitrogens with zero attached hydrogens (tertiary/aromatic N) is 5. The van der Waals surface area contributed by atoms with Gasteiger partial charge in [0, 0.05) is 17.6 Å². The number of β-lactam (4-membered cyclic amide) rings is 1. The van der Waals surface area contributed by atoms with Gasteiger partial charge in [-0.25, -0.2) is 19.1 Å². The maximum absolute atomic E-state index is 14.0. The number of phenolic OH excluding ortho intramolecular Hbond substituents is 1. The molecule has 1 fully saturated rings. The van der Waals surface area contributed by atoms with Crippen molar-refractivity contribution < 1.29 is 72.2 Å². The molecule has 2 aromatic heterocycles. The lowest BCUT2D eigenvalue weighted by Crippen LogP contribution is -2.71. The van der Waals surface area contributed by atoms with Gasteiger partial charge >= 0.3 is 24.2 Å². The van der Waals surface area contributed by atoms with Crippen LogP contribution in [-0.4, -0.2) is 126 Å². The first kappa shape index (κ1) is 50.0. The molecule has 3 atom stereocenters. The summed E-state index contributed by atoms with van der Waals surface area (Å²) in [7, 11) is 0. The van der Waals surface area contributed by atoms with E-state index in [0.29, 0.717) is 6.26 Å². The zero-order valence-corrected chi connectivity index (χ0v) is 38.4. The number of hydrogen-bond donors (Lipinski definition) is 5. The summed E-state index contributed by atoms with van der Waals surface area (Å²) in [6.07, 6.45) is -2.31. The van der Waals surface area contributed by atoms with Crippen molar-refractivity contribution in [2.24, 2.45) is 0 Å². The minimum absolute atomic E-state index is 0.0395. The van der Waals surface area contributed by atoms with Crippen molar-refractivity contribution in [3.8, 4) is 17.2 Å². The SMILES string of the molecule is O=C(O)Cn1nnnc1SCC1=C(C(=O)O)N2C(=O)[C@@H](NC(=O)[C@H](NC(=O)c3coc4cc(OC(=O)OCC(Cl)(Cl)Cl)c(OC(=O)OCC(Cl)(Cl)Cl)cc4c3=O)c3ccc(O)cc3)[C@H]2SC1. The summed E-state index contributed by atoms with van der Waals surface area (Å²) in [6.45, 7) is -2.15. The van der Waals surface area contributed by atoms with Crippen molar-refractivity contribution >= 4 is 146 Å². The van der Waals surface area contributed by atoms with Crippen LogP contribution in [0.1, 0.15) is 22.0 Å². The summed E-state index contributed by atoms with van der Waals surface area (Å²) in [5.74, 6) is -7.24. The van der Waals surface area contributed by atoms with Crippen LogP contribution < -0.4 is 25.5 Å². The molecule has 2 aliphatic rings. The van der Waals surface area contributed by atoms with Gasteiger partial charge in [0.05, 0.1) is 5.39 Å². The monoisotopic (exact) mass is 1070 g/mol. The number of carbonyl (C=O) groups is 7. The zero-order valence-electron chi connectivity index (χ0n) is 32.3. The minimum atomic E-state index is -2.08. The molecular weight excluding hydrogens is 1050 g/mol. The summed E-state index contributed by atoms with van der Waals surface area (Å²) in [5.41, 5.74) is -2.21. The number of carbonyl (C=O) groups excluding carboxylic acids is 5. The van der Waals surface area contributed by atoms with Crippen LogP contribution in [0.4, 0.5) is 9.59 Å². The van der Waals surface area contributed by atoms with Crippen LogP contribution in [-0.2, 0) is 35.2 Å². The van der Waals surface area contributed by atoms with Crippen molar-refractivity contribution in [2.75, 3.05) is 24.7 Å². The van der Waals surface area contributed by atoms with E-state index in [9.17, 15) is 48.6 Å². The summed E-state index contributed by atoms with van der Waals surface area (Å²) in [4.78, 5) is 105. The largest absolute Gasteiger partial charge is 0.514 e. The lowest BCUT2D eigenvalue weighted by atomic mass is 10.0. The first-order chi connectivity index (χ1) is 31.0. The number of aromatic nitrogens is 4. The predicted octanol–water partition coefficient (Wildman–Crippen LogP) is 4.34. The molecule has 2 aromatic carbocycles. The fourth-order valence-corrected chi connectivity index (χ4v) is 8.55. The van der Waals surface area contributed by atoms with Crippen LogP contribution in [0.25, 0.3) is 11.0 Å². The van der Waals surface area contributed by atoms with Gasteiger partial charge in [-0.3, -0.25) is 28.9 Å². The Morgan fingerprint density at radius 2 is 1.56 bits per heavy atom. The molecule has 0 spiro atoms. The molecule has 66 heavy (non-hydrogen) atoms. The highest BCUT2D eigenvalue weighted by atomic mass is 35.6. The summed E-state index contributed by atoms with van der Waals surface area (Å²) < 4.78 is 22.0. The Balaban J connectivity index is 1.24. The lowest BCUT2D eigenvalue weighted by molar-refractivity contribution is -0.151. The number of rotatable bonds is 15. The molecule has 4 aromatic rings. The predicted molar refractivity (Wildman–Crippen MR) is 231 cm³/mol. The Labute approximate surface area is 405 Å². The molecule has 0 aliphatic carbocycles. The first-order valence-corrected chi connectivity index (χ1v) is 22.1. The number of tetrazole rings is 1. The van der Waals surface area contributed by atoms with E-state index < -0.39 is 115 Å². The molecule has 3 amide bonds. The summed E-state index contributed by atoms with van der Waals surface area (Å²) in [6, 6.07) is 3.63. The van der Waals surface area contributed by atoms with Crippen molar-refractivity contribution in [1.29, 1.82) is 0 Å². The molecule has 0 radical (unpaired) electrons. The van der Waals surface area contributed by atoms with E-state index in [2.05, 4.69) is 26.2 Å². The third-order valence-corrected chi connectivity index (χ3v) is 11.7. The van der Waals surface area contributed by atoms with E-state index in [1.165, 1.54) is 24.3 Å². The highest BCUT2D eigenvalue weighted by Gasteiger charge is 2.54. The quantitative estimate of drug-likeness (QED) is 0.0363. The standard InChI is InChI=1S/C35H25Cl6N7O16S2/c36-34(37,38)11-61-32(58)63-19-5-16-18(6-20(19)64-33(59)62-12-35(39,40)41)60-8-17(25(16)52)26(53)42-22(13-1-3-15(49)4-2-13)27(54)43-23-28(55)48-24(30(56)57)14(9-65-29(23)48)10-66-31-44-45-46-47(31)7-21(50)51/h1-6,8,22-23,29,49H,7,9-12H2,(H,42,53)(H,43,54)(H,50,51)(H,56,57)/t22-,23-,29-/m1/s1. The van der Waals surface area contributed by atoms with Gasteiger partial charge in [0.15, 0.2) is 11.5 Å². The van der Waals surface area contributed by atoms with Gasteiger partial charge in [-0.1, -0.05) is 93.5 Å². The number of amides is 3. The molecule has 2 aliphatic heterocycles. The molecule has 0 saturated carbocycles. The molecule has 5 N–H and O–H groups in total. The highest BCUT2D eigenvalue weighted by molar-refractivity contribution is 8.01. The minimum Gasteiger partial charge on any atom is -0.508 e. The van der Waals surface area contributed by atoms with Crippen LogP contribution in [0.3, 0.4) is 0 Å². The maximum Gasteiger partial charge on any atom is 0.514 e. The molecule has 6 rings (SSSR count). The molecule has 31 heteroatoms. The molecule has 0 unspecified atom stereocenters. The fourth-order valence-electron chi connectivity index (χ4n) is 5.86. The van der Waals surface area contributed by atoms with Gasteiger partial charge in [0.1, 0.15) is 66.1 Å². The van der Waals surface area contributed by atoms with Gasteiger partial charge in [-0.2, -0.15) is 0 Å². The number of carboxylic acids is 2. The number of thioether (sulfide) groups is 2. The van der Waals surface area contributed by atoms with Gasteiger partial charge in [0.25, 0.3) is 11.8 Å². The normalized spacial score (nSPS) is 16.4. The zero-order chi connectivity index (χ0) is 48.2. The molecular formula is C35H25Cl6N7O16S2. The smallest absolute Gasteiger partial charge is 0.508 e. The number of fused-ring (bicyclic) bond motifs is 2. The van der Waals surface area contributed by atoms with Gasteiger partial charge in [-0.05, 0) is 39.8 Å². The third kappa shape index (κ3) is 12.3. The van der Waals surface area contributed by atoms with Crippen LogP contribution in [0.15, 0.2) is 68.3 Å². The van der Waals surface area contributed by atoms with Crippen LogP contribution in [0.5, 0.6) is 17.2 Å². The van der Waals surface area contributed by atoms with Gasteiger partial charge < -0.3 is 49.3 Å². The summed E-state index contributed by atoms with van der Waals surface area (Å²) >= 11 is 35.7. The molecule has 23 nitrogen and oxygen atoms in total. The number of halogens is 6. The molecule has 350 valence electrons. The number of carboxylic acid groups (broad SMARTS) is 2. The van der Waals surface area contributed by atoms with E-state index in [0.717, 1.165) is 45.2 Å². The van der Waals surface area contributed by atoms with Crippen LogP contribution in [0, 0.1) is 0 Å². The number of ether oxygens (including phenoxy) is 4. The van der Waals surface area contributed by atoms with E-state index in [1.807, 2.05) is 0 Å². The number of alkyl halides is 6. The number of hydrogen-bond acceptors (Lipinski definition) is 19. The van der Waals surface area contributed by atoms with Crippen molar-refractivity contribution in [3.05, 3.63) is 75.3 Å². The number of nitrogens with one attached hydrogen (secondary N) is 2. The van der Waals surface area contributed by atoms with E-state index in [4.69, 9.17) is 98.1 Å². The van der Waals surface area contributed by atoms with Crippen molar-refractivity contribution in [2.45, 2.75) is 36.7 Å². The maximum atomic E-state index is 14.0. The second-order valence-corrected chi connectivity index (χ2v) is 20.3. The lowest BCUT2D eigenvalue weighted by Gasteiger charge is -2.49. The Kier molecular flexibility index (Phi) is 15.6. The third-order valence-electron chi connectivity index (χ3n) is 8.65. The molecule has 0 bridgehead atoms. The van der Waals surface area contributed by atoms with Crippen molar-refractivity contribution in [3.63, 3.8) is 0 Å². The van der Waals surface area contributed by atoms with Crippen LogP contribution in [0.2, 0.25) is 0 Å². The van der Waals surface area contributed by atoms with E-state index in [-0.39, 0.29) is 44.8 Å². The highest BCUT2D eigenvalue weighted by Crippen LogP contribution is 2.42. The fraction of sp³-hybridized carbons (Fsp3) is 0.286. The second-order valence-electron chi connectivity index (χ2n) is 13.2. The van der Waals surface area contributed by atoms with E-state index in [1.54, 1.807) is 0 Å². The van der Waals surface area contributed by atoms with Gasteiger partial charge in [-0.15, -0.1) is 16.9 Å². The second kappa shape index (κ2) is 20.6. The number of phenols is 1. The van der Waals surface area contributed by atoms with E-state index >= 15 is 0 Å². The molecule has 4 heterocycles. The topological polar surface area (TPSA) is 318 Å². The Morgan fingerprint density at radius 3 is 2.15 bits per heavy atom. The number of benzene rings is 2. The average Bonchev–Trinajstić information content (AvgIpc) is 3.68. The Hall–Kier alpha value is -5.41. The first-order valence-electron chi connectivity index (χ1n) is 17.8. The van der Waals surface area contributed by atoms with Gasteiger partial charge in [0.2, 0.25) is 24.1 Å².